The summed E-state index contributed by atoms with van der Waals surface area (Å²) in [5.74, 6) is -0.983. The van der Waals surface area contributed by atoms with Crippen LogP contribution >= 0.6 is 0 Å². The molecule has 0 fully saturated rings. The number of hydrogen-bond donors (Lipinski definition) is 1. The maximum Gasteiger partial charge on any atom is 0.331 e. The predicted octanol–water partition coefficient (Wildman–Crippen LogP) is 2.30. The van der Waals surface area contributed by atoms with Crippen LogP contribution in [0.25, 0.3) is 0 Å². The zero-order valence-corrected chi connectivity index (χ0v) is 14.0. The van der Waals surface area contributed by atoms with Gasteiger partial charge in [-0.3, -0.25) is 9.52 Å². The van der Waals surface area contributed by atoms with Crippen LogP contribution in [-0.4, -0.2) is 32.5 Å². The van der Waals surface area contributed by atoms with Gasteiger partial charge in [-0.15, -0.1) is 0 Å². The SMILES string of the molecule is C/C=C/C=C/C(=O)O[C@H](C)C(=O)c1ccc(NS(C)(=O)=O)cc1. The number of esters is 1. The molecule has 124 valence electrons. The monoisotopic (exact) mass is 337 g/mol. The number of Topliss-reactive ketones (excluding diaryl/α,β-unsaturated/α-hetero) is 1. The molecule has 1 aromatic rings. The van der Waals surface area contributed by atoms with Crippen molar-refractivity contribution in [3.05, 3.63) is 54.1 Å². The highest BCUT2D eigenvalue weighted by Gasteiger charge is 2.18. The lowest BCUT2D eigenvalue weighted by atomic mass is 10.1. The molecule has 23 heavy (non-hydrogen) atoms. The standard InChI is InChI=1S/C16H19NO5S/c1-4-5-6-7-15(18)22-12(2)16(19)13-8-10-14(11-9-13)17-23(3,20)21/h4-12,17H,1-3H3/b5-4+,7-6+/t12-/m1/s1. The van der Waals surface area contributed by atoms with Crippen molar-refractivity contribution in [2.75, 3.05) is 11.0 Å². The van der Waals surface area contributed by atoms with Gasteiger partial charge in [-0.1, -0.05) is 18.2 Å². The van der Waals surface area contributed by atoms with Gasteiger partial charge in [0.2, 0.25) is 15.8 Å². The highest BCUT2D eigenvalue weighted by atomic mass is 32.2. The summed E-state index contributed by atoms with van der Waals surface area (Å²) in [5, 5.41) is 0. The molecule has 0 aromatic heterocycles. The van der Waals surface area contributed by atoms with E-state index >= 15 is 0 Å². The fourth-order valence-corrected chi connectivity index (χ4v) is 2.23. The van der Waals surface area contributed by atoms with Gasteiger partial charge >= 0.3 is 5.97 Å². The summed E-state index contributed by atoms with van der Waals surface area (Å²) in [5.41, 5.74) is 0.671. The number of carbonyl (C=O) groups excluding carboxylic acids is 2. The van der Waals surface area contributed by atoms with E-state index in [4.69, 9.17) is 4.74 Å². The summed E-state index contributed by atoms with van der Waals surface area (Å²) in [6.07, 6.45) is 6.26. The van der Waals surface area contributed by atoms with Gasteiger partial charge in [0, 0.05) is 17.3 Å². The zero-order chi connectivity index (χ0) is 17.5. The number of hydrogen-bond acceptors (Lipinski definition) is 5. The minimum absolute atomic E-state index is 0.321. The molecule has 1 rings (SSSR count). The third-order valence-corrected chi connectivity index (χ3v) is 3.28. The second kappa shape index (κ2) is 8.28. The van der Waals surface area contributed by atoms with Gasteiger partial charge in [-0.25, -0.2) is 13.2 Å². The van der Waals surface area contributed by atoms with Crippen molar-refractivity contribution in [2.45, 2.75) is 20.0 Å². The van der Waals surface area contributed by atoms with Gasteiger partial charge < -0.3 is 4.74 Å². The van der Waals surface area contributed by atoms with Crippen molar-refractivity contribution in [1.29, 1.82) is 0 Å². The molecule has 0 amide bonds. The highest BCUT2D eigenvalue weighted by Crippen LogP contribution is 2.13. The first-order valence-electron chi connectivity index (χ1n) is 6.85. The number of anilines is 1. The summed E-state index contributed by atoms with van der Waals surface area (Å²) < 4.78 is 29.5. The van der Waals surface area contributed by atoms with E-state index in [1.54, 1.807) is 12.2 Å². The number of benzene rings is 1. The lowest BCUT2D eigenvalue weighted by Crippen LogP contribution is -2.23. The van der Waals surface area contributed by atoms with Crippen molar-refractivity contribution in [2.24, 2.45) is 0 Å². The van der Waals surface area contributed by atoms with Crippen LogP contribution in [0.4, 0.5) is 5.69 Å². The number of carbonyl (C=O) groups is 2. The van der Waals surface area contributed by atoms with E-state index in [0.717, 1.165) is 6.26 Å². The average Bonchev–Trinajstić information content (AvgIpc) is 2.46. The summed E-state index contributed by atoms with van der Waals surface area (Å²) >= 11 is 0. The number of sulfonamides is 1. The molecule has 1 N–H and O–H groups in total. The van der Waals surface area contributed by atoms with Gasteiger partial charge in [-0.05, 0) is 38.1 Å². The van der Waals surface area contributed by atoms with E-state index in [9.17, 15) is 18.0 Å². The van der Waals surface area contributed by atoms with Crippen LogP contribution in [0, 0.1) is 0 Å². The molecule has 0 aliphatic rings. The average molecular weight is 337 g/mol. The molecule has 0 heterocycles. The highest BCUT2D eigenvalue weighted by molar-refractivity contribution is 7.92. The Bertz CT molecular complexity index is 717. The van der Waals surface area contributed by atoms with Crippen molar-refractivity contribution < 1.29 is 22.7 Å². The van der Waals surface area contributed by atoms with Gasteiger partial charge in [0.05, 0.1) is 6.26 Å². The Hall–Kier alpha value is -2.41. The van der Waals surface area contributed by atoms with Gasteiger partial charge in [0.25, 0.3) is 0 Å². The van der Waals surface area contributed by atoms with Crippen LogP contribution in [0.3, 0.4) is 0 Å². The number of rotatable bonds is 7. The number of ether oxygens (including phenoxy) is 1. The van der Waals surface area contributed by atoms with E-state index in [2.05, 4.69) is 4.72 Å². The first-order chi connectivity index (χ1) is 10.7. The fraction of sp³-hybridized carbons (Fsp3) is 0.250. The first-order valence-corrected chi connectivity index (χ1v) is 8.74. The Morgan fingerprint density at radius 1 is 1.17 bits per heavy atom. The molecule has 7 heteroatoms. The molecule has 0 bridgehead atoms. The minimum Gasteiger partial charge on any atom is -0.451 e. The van der Waals surface area contributed by atoms with Gasteiger partial charge in [0.15, 0.2) is 6.10 Å². The topological polar surface area (TPSA) is 89.5 Å². The fourth-order valence-electron chi connectivity index (χ4n) is 1.66. The summed E-state index contributed by atoms with van der Waals surface area (Å²) in [6, 6.07) is 5.87. The maximum absolute atomic E-state index is 12.2. The summed E-state index contributed by atoms with van der Waals surface area (Å²) in [4.78, 5) is 23.7. The third-order valence-electron chi connectivity index (χ3n) is 2.67. The van der Waals surface area contributed by atoms with Crippen molar-refractivity contribution in [3.63, 3.8) is 0 Å². The van der Waals surface area contributed by atoms with Crippen LogP contribution in [0.15, 0.2) is 48.6 Å². The molecule has 1 aromatic carbocycles. The summed E-state index contributed by atoms with van der Waals surface area (Å²) in [7, 11) is -3.37. The molecule has 0 spiro atoms. The molecule has 0 saturated heterocycles. The smallest absolute Gasteiger partial charge is 0.331 e. The molecular formula is C16H19NO5S. The molecule has 0 unspecified atom stereocenters. The van der Waals surface area contributed by atoms with Gasteiger partial charge in [-0.2, -0.15) is 0 Å². The quantitative estimate of drug-likeness (QED) is 0.357. The van der Waals surface area contributed by atoms with Crippen LogP contribution in [0.1, 0.15) is 24.2 Å². The Morgan fingerprint density at radius 2 is 1.78 bits per heavy atom. The van der Waals surface area contributed by atoms with E-state index < -0.39 is 22.1 Å². The molecular weight excluding hydrogens is 318 g/mol. The number of ketones is 1. The van der Waals surface area contributed by atoms with Gasteiger partial charge in [0.1, 0.15) is 0 Å². The van der Waals surface area contributed by atoms with E-state index in [0.29, 0.717) is 11.3 Å². The van der Waals surface area contributed by atoms with E-state index in [1.165, 1.54) is 43.3 Å². The number of allylic oxidation sites excluding steroid dienone is 3. The lowest BCUT2D eigenvalue weighted by Gasteiger charge is -2.11. The Balaban J connectivity index is 2.71. The van der Waals surface area contributed by atoms with Crippen molar-refractivity contribution in [1.82, 2.24) is 0 Å². The first kappa shape index (κ1) is 18.6. The van der Waals surface area contributed by atoms with Crippen LogP contribution in [0.2, 0.25) is 0 Å². The maximum atomic E-state index is 12.2. The zero-order valence-electron chi connectivity index (χ0n) is 13.1. The molecule has 6 nitrogen and oxygen atoms in total. The third kappa shape index (κ3) is 6.92. The molecule has 1 atom stereocenters. The Labute approximate surface area is 135 Å². The summed E-state index contributed by atoms with van der Waals surface area (Å²) in [6.45, 7) is 3.29. The Kier molecular flexibility index (Phi) is 6.71. The largest absolute Gasteiger partial charge is 0.451 e. The van der Waals surface area contributed by atoms with Crippen LogP contribution in [-0.2, 0) is 19.6 Å². The molecule has 0 saturated carbocycles. The molecule has 0 aliphatic heterocycles. The van der Waals surface area contributed by atoms with Crippen LogP contribution in [0.5, 0.6) is 0 Å². The van der Waals surface area contributed by atoms with Crippen LogP contribution < -0.4 is 4.72 Å². The van der Waals surface area contributed by atoms with Crippen molar-refractivity contribution in [3.8, 4) is 0 Å². The number of nitrogens with one attached hydrogen (secondary N) is 1. The van der Waals surface area contributed by atoms with E-state index in [-0.39, 0.29) is 5.78 Å². The molecule has 0 aliphatic carbocycles. The normalized spacial score (nSPS) is 13.2. The van der Waals surface area contributed by atoms with Crippen molar-refractivity contribution >= 4 is 27.5 Å². The molecule has 0 radical (unpaired) electrons. The lowest BCUT2D eigenvalue weighted by molar-refractivity contribution is -0.140. The van der Waals surface area contributed by atoms with E-state index in [1.807, 2.05) is 6.92 Å². The Morgan fingerprint density at radius 3 is 2.30 bits per heavy atom. The second-order valence-electron chi connectivity index (χ2n) is 4.78. The predicted molar refractivity (Wildman–Crippen MR) is 88.7 cm³/mol. The minimum atomic E-state index is -3.37. The second-order valence-corrected chi connectivity index (χ2v) is 6.53.